The fraction of sp³-hybridized carbons (Fsp3) is 0.565. The van der Waals surface area contributed by atoms with E-state index >= 15 is 0 Å². The third kappa shape index (κ3) is 4.28. The zero-order valence-corrected chi connectivity index (χ0v) is 17.5. The zero-order chi connectivity index (χ0) is 21.8. The number of nitrogens with zero attached hydrogens (tertiary/aromatic N) is 3. The molecule has 3 fully saturated rings. The number of rotatable bonds is 5. The number of benzene rings is 1. The molecule has 0 spiro atoms. The van der Waals surface area contributed by atoms with Gasteiger partial charge in [-0.05, 0) is 68.6 Å². The second-order valence-electron chi connectivity index (χ2n) is 9.88. The first-order valence-corrected chi connectivity index (χ1v) is 11.0. The molecule has 2 heterocycles. The number of aliphatic hydroxyl groups is 1. The number of halogens is 3. The highest BCUT2D eigenvalue weighted by Crippen LogP contribution is 2.42. The lowest BCUT2D eigenvalue weighted by atomic mass is 9.72. The largest absolute Gasteiger partial charge is 0.390 e. The Morgan fingerprint density at radius 1 is 1.10 bits per heavy atom. The van der Waals surface area contributed by atoms with Crippen molar-refractivity contribution >= 4 is 5.82 Å². The van der Waals surface area contributed by atoms with Gasteiger partial charge in [0.15, 0.2) is 11.6 Å². The minimum Gasteiger partial charge on any atom is -0.390 e. The van der Waals surface area contributed by atoms with Crippen LogP contribution >= 0.6 is 0 Å². The second-order valence-corrected chi connectivity index (χ2v) is 9.88. The summed E-state index contributed by atoms with van der Waals surface area (Å²) in [6.07, 6.45) is 3.95. The van der Waals surface area contributed by atoms with Gasteiger partial charge < -0.3 is 15.3 Å². The van der Waals surface area contributed by atoms with Crippen LogP contribution in [-0.2, 0) is 0 Å². The number of aromatic nitrogens is 2. The Morgan fingerprint density at radius 3 is 2.42 bits per heavy atom. The van der Waals surface area contributed by atoms with Gasteiger partial charge in [-0.2, -0.15) is 0 Å². The molecule has 1 aliphatic heterocycles. The lowest BCUT2D eigenvalue weighted by molar-refractivity contribution is -0.0648. The van der Waals surface area contributed by atoms with Gasteiger partial charge in [-0.3, -0.25) is 0 Å². The maximum atomic E-state index is 14.0. The van der Waals surface area contributed by atoms with Gasteiger partial charge in [-0.25, -0.2) is 13.2 Å². The van der Waals surface area contributed by atoms with Gasteiger partial charge in [0.2, 0.25) is 0 Å². The van der Waals surface area contributed by atoms with E-state index in [4.69, 9.17) is 0 Å². The predicted octanol–water partition coefficient (Wildman–Crippen LogP) is 3.84. The summed E-state index contributed by atoms with van der Waals surface area (Å²) >= 11 is 0. The molecule has 3 atom stereocenters. The Kier molecular flexibility index (Phi) is 5.17. The van der Waals surface area contributed by atoms with Crippen molar-refractivity contribution in [2.24, 2.45) is 17.8 Å². The third-order valence-corrected chi connectivity index (χ3v) is 7.09. The van der Waals surface area contributed by atoms with E-state index in [9.17, 15) is 18.3 Å². The Morgan fingerprint density at radius 2 is 1.81 bits per heavy atom. The maximum absolute atomic E-state index is 14.0. The Hall–Kier alpha value is -2.19. The van der Waals surface area contributed by atoms with Crippen molar-refractivity contribution in [2.75, 3.05) is 25.0 Å². The van der Waals surface area contributed by atoms with Gasteiger partial charge in [-0.15, -0.1) is 10.2 Å². The normalized spacial score (nSPS) is 32.7. The molecular weight excluding hydrogens is 405 g/mol. The van der Waals surface area contributed by atoms with Crippen LogP contribution in [0.3, 0.4) is 0 Å². The highest BCUT2D eigenvalue weighted by atomic mass is 19.2. The number of hydrogen-bond donors (Lipinski definition) is 2. The van der Waals surface area contributed by atoms with Crippen molar-refractivity contribution in [1.82, 2.24) is 15.1 Å². The topological polar surface area (TPSA) is 61.3 Å². The molecule has 0 unspecified atom stereocenters. The van der Waals surface area contributed by atoms with E-state index in [2.05, 4.69) is 20.4 Å². The highest BCUT2D eigenvalue weighted by molar-refractivity contribution is 5.60. The summed E-state index contributed by atoms with van der Waals surface area (Å²) in [6, 6.07) is 4.94. The number of fused-ring (bicyclic) bond motifs is 1. The van der Waals surface area contributed by atoms with Crippen LogP contribution < -0.4 is 5.32 Å². The fourth-order valence-corrected chi connectivity index (χ4v) is 5.85. The first-order valence-electron chi connectivity index (χ1n) is 11.0. The monoisotopic (exact) mass is 432 g/mol. The van der Waals surface area contributed by atoms with E-state index in [0.717, 1.165) is 51.4 Å². The maximum Gasteiger partial charge on any atom is 0.168 e. The summed E-state index contributed by atoms with van der Waals surface area (Å²) in [6.45, 7) is 5.22. The summed E-state index contributed by atoms with van der Waals surface area (Å²) in [5.74, 6) is -0.702. The third-order valence-electron chi connectivity index (χ3n) is 7.09. The van der Waals surface area contributed by atoms with E-state index in [1.807, 2.05) is 6.92 Å². The minimum atomic E-state index is -1.24. The highest BCUT2D eigenvalue weighted by Gasteiger charge is 2.44. The average Bonchev–Trinajstić information content (AvgIpc) is 3.22. The zero-order valence-electron chi connectivity index (χ0n) is 17.5. The molecule has 5 rings (SSSR count). The molecule has 1 saturated heterocycles. The fourth-order valence-electron chi connectivity index (χ4n) is 5.85. The van der Waals surface area contributed by atoms with Crippen molar-refractivity contribution in [3.8, 4) is 11.3 Å². The molecular formula is C23H27F3N4O. The SMILES string of the molecule is CC1(O)CC(CN2C[C@H]3C[C@@H](Nc4ccc(-c5cc(F)cc(F)c5F)nn4)C[C@H]3C2)C1. The molecule has 2 aliphatic carbocycles. The van der Waals surface area contributed by atoms with Crippen LogP contribution in [0.25, 0.3) is 11.3 Å². The van der Waals surface area contributed by atoms with Crippen LogP contribution in [0.1, 0.15) is 32.6 Å². The van der Waals surface area contributed by atoms with Crippen molar-refractivity contribution in [1.29, 1.82) is 0 Å². The van der Waals surface area contributed by atoms with Crippen LogP contribution in [-0.4, -0.2) is 51.5 Å². The molecule has 2 N–H and O–H groups in total. The molecule has 2 aromatic rings. The molecule has 3 aliphatic rings. The predicted molar refractivity (Wildman–Crippen MR) is 111 cm³/mol. The van der Waals surface area contributed by atoms with Gasteiger partial charge in [0, 0.05) is 37.3 Å². The molecule has 0 radical (unpaired) electrons. The van der Waals surface area contributed by atoms with Crippen LogP contribution in [0.5, 0.6) is 0 Å². The molecule has 5 nitrogen and oxygen atoms in total. The van der Waals surface area contributed by atoms with Gasteiger partial charge in [0.05, 0.1) is 11.3 Å². The molecule has 166 valence electrons. The second kappa shape index (κ2) is 7.74. The lowest BCUT2D eigenvalue weighted by Crippen LogP contribution is -2.45. The quantitative estimate of drug-likeness (QED) is 0.703. The van der Waals surface area contributed by atoms with E-state index < -0.39 is 23.1 Å². The van der Waals surface area contributed by atoms with Crippen LogP contribution in [0.15, 0.2) is 24.3 Å². The van der Waals surface area contributed by atoms with E-state index in [-0.39, 0.29) is 11.3 Å². The van der Waals surface area contributed by atoms with Crippen molar-refractivity contribution in [3.63, 3.8) is 0 Å². The standard InChI is InChI=1S/C23H27F3N4O/c1-23(31)8-13(9-23)10-30-11-14-4-17(5-15(14)12-30)27-21-3-2-20(28-29-21)18-6-16(24)7-19(25)22(18)26/h2-3,6-7,13-15,17,31H,4-5,8-12H2,1H3,(H,27,29)/t13?,14-,15+,17-,23?. The molecule has 8 heteroatoms. The summed E-state index contributed by atoms with van der Waals surface area (Å²) in [5.41, 5.74) is -0.601. The summed E-state index contributed by atoms with van der Waals surface area (Å²) in [7, 11) is 0. The van der Waals surface area contributed by atoms with E-state index in [1.165, 1.54) is 6.07 Å². The van der Waals surface area contributed by atoms with Crippen LogP contribution in [0.2, 0.25) is 0 Å². The van der Waals surface area contributed by atoms with Crippen LogP contribution in [0, 0.1) is 35.2 Å². The van der Waals surface area contributed by atoms with Gasteiger partial charge in [0.1, 0.15) is 11.6 Å². The number of likely N-dealkylation sites (tertiary alicyclic amines) is 1. The summed E-state index contributed by atoms with van der Waals surface area (Å²) < 4.78 is 40.8. The van der Waals surface area contributed by atoms with Crippen molar-refractivity contribution in [2.45, 2.75) is 44.2 Å². The number of nitrogens with one attached hydrogen (secondary N) is 1. The average molecular weight is 432 g/mol. The Labute approximate surface area is 179 Å². The molecule has 1 aromatic heterocycles. The Balaban J connectivity index is 1.15. The molecule has 31 heavy (non-hydrogen) atoms. The van der Waals surface area contributed by atoms with Crippen LogP contribution in [0.4, 0.5) is 19.0 Å². The molecule has 0 amide bonds. The molecule has 2 saturated carbocycles. The summed E-state index contributed by atoms with van der Waals surface area (Å²) in [5, 5.41) is 21.4. The lowest BCUT2D eigenvalue weighted by Gasteiger charge is -2.42. The van der Waals surface area contributed by atoms with Gasteiger partial charge >= 0.3 is 0 Å². The first-order chi connectivity index (χ1) is 14.8. The number of anilines is 1. The summed E-state index contributed by atoms with van der Waals surface area (Å²) in [4.78, 5) is 2.55. The van der Waals surface area contributed by atoms with E-state index in [1.54, 1.807) is 6.07 Å². The molecule has 0 bridgehead atoms. The Bertz CT molecular complexity index is 946. The van der Waals surface area contributed by atoms with Crippen molar-refractivity contribution < 1.29 is 18.3 Å². The minimum absolute atomic E-state index is 0.0929. The smallest absolute Gasteiger partial charge is 0.168 e. The van der Waals surface area contributed by atoms with Gasteiger partial charge in [0.25, 0.3) is 0 Å². The van der Waals surface area contributed by atoms with Crippen molar-refractivity contribution in [3.05, 3.63) is 41.7 Å². The number of hydrogen-bond acceptors (Lipinski definition) is 5. The van der Waals surface area contributed by atoms with Gasteiger partial charge in [-0.1, -0.05) is 0 Å². The molecule has 1 aromatic carbocycles. The van der Waals surface area contributed by atoms with E-state index in [0.29, 0.717) is 35.7 Å². The first kappa shape index (κ1) is 20.7.